The Morgan fingerprint density at radius 2 is 2.00 bits per heavy atom. The average Bonchev–Trinajstić information content (AvgIpc) is 2.32. The number of rotatable bonds is 3. The summed E-state index contributed by atoms with van der Waals surface area (Å²) >= 11 is 5.85. The Balaban J connectivity index is 2.18. The zero-order chi connectivity index (χ0) is 13.1. The zero-order valence-corrected chi connectivity index (χ0v) is 10.8. The third-order valence-electron chi connectivity index (χ3n) is 2.76. The molecule has 4 heteroatoms. The molecule has 2 rings (SSSR count). The normalized spacial score (nSPS) is 10.4. The predicted octanol–water partition coefficient (Wildman–Crippen LogP) is 3.70. The minimum atomic E-state index is -0.247. The Kier molecular flexibility index (Phi) is 3.72. The van der Waals surface area contributed by atoms with Crippen LogP contribution in [-0.2, 0) is 6.54 Å². The molecule has 0 aromatic heterocycles. The standard InChI is InChI=1S/C14H14ClFN2/c1-18(13-4-2-3-12(16)8-13)9-10-5-6-11(15)7-14(10)17/h2-8H,9,17H2,1H3. The van der Waals surface area contributed by atoms with Gasteiger partial charge in [-0.25, -0.2) is 4.39 Å². The summed E-state index contributed by atoms with van der Waals surface area (Å²) in [6.45, 7) is 0.604. The van der Waals surface area contributed by atoms with Gasteiger partial charge in [0.15, 0.2) is 0 Å². The summed E-state index contributed by atoms with van der Waals surface area (Å²) in [5.41, 5.74) is 8.31. The number of nitrogens with zero attached hydrogens (tertiary/aromatic N) is 1. The summed E-state index contributed by atoms with van der Waals surface area (Å²) in [6, 6.07) is 11.9. The first-order valence-electron chi connectivity index (χ1n) is 5.57. The van der Waals surface area contributed by atoms with Gasteiger partial charge >= 0.3 is 0 Å². The molecule has 0 saturated carbocycles. The van der Waals surface area contributed by atoms with Gasteiger partial charge in [-0.1, -0.05) is 23.7 Å². The highest BCUT2D eigenvalue weighted by molar-refractivity contribution is 6.30. The van der Waals surface area contributed by atoms with Crippen molar-refractivity contribution in [2.24, 2.45) is 0 Å². The van der Waals surface area contributed by atoms with Crippen molar-refractivity contribution >= 4 is 23.0 Å². The van der Waals surface area contributed by atoms with Gasteiger partial charge in [0.1, 0.15) is 5.82 Å². The molecule has 18 heavy (non-hydrogen) atoms. The van der Waals surface area contributed by atoms with Crippen molar-refractivity contribution in [2.75, 3.05) is 17.7 Å². The number of benzene rings is 2. The Morgan fingerprint density at radius 3 is 2.67 bits per heavy atom. The fraction of sp³-hybridized carbons (Fsp3) is 0.143. The van der Waals surface area contributed by atoms with Crippen LogP contribution in [0, 0.1) is 5.82 Å². The minimum absolute atomic E-state index is 0.247. The van der Waals surface area contributed by atoms with Gasteiger partial charge < -0.3 is 10.6 Å². The zero-order valence-electron chi connectivity index (χ0n) is 10.0. The molecule has 2 aromatic carbocycles. The van der Waals surface area contributed by atoms with Crippen molar-refractivity contribution in [1.82, 2.24) is 0 Å². The number of hydrogen-bond acceptors (Lipinski definition) is 2. The van der Waals surface area contributed by atoms with Crippen LogP contribution in [0.2, 0.25) is 5.02 Å². The molecule has 0 aliphatic heterocycles. The van der Waals surface area contributed by atoms with Gasteiger partial charge in [-0.3, -0.25) is 0 Å². The largest absolute Gasteiger partial charge is 0.398 e. The van der Waals surface area contributed by atoms with Crippen LogP contribution in [0.15, 0.2) is 42.5 Å². The molecule has 0 unspecified atom stereocenters. The molecular weight excluding hydrogens is 251 g/mol. The second kappa shape index (κ2) is 5.27. The maximum Gasteiger partial charge on any atom is 0.125 e. The van der Waals surface area contributed by atoms with E-state index in [1.165, 1.54) is 12.1 Å². The van der Waals surface area contributed by atoms with Gasteiger partial charge in [0.2, 0.25) is 0 Å². The molecular formula is C14H14ClFN2. The Bertz CT molecular complexity index is 557. The molecule has 0 spiro atoms. The van der Waals surface area contributed by atoms with Crippen LogP contribution in [0.5, 0.6) is 0 Å². The van der Waals surface area contributed by atoms with Gasteiger partial charge in [-0.15, -0.1) is 0 Å². The SMILES string of the molecule is CN(Cc1ccc(Cl)cc1N)c1cccc(F)c1. The van der Waals surface area contributed by atoms with E-state index in [4.69, 9.17) is 17.3 Å². The van der Waals surface area contributed by atoms with Crippen LogP contribution in [0.3, 0.4) is 0 Å². The third-order valence-corrected chi connectivity index (χ3v) is 3.00. The van der Waals surface area contributed by atoms with Crippen LogP contribution in [0.4, 0.5) is 15.8 Å². The maximum absolute atomic E-state index is 13.1. The quantitative estimate of drug-likeness (QED) is 0.857. The van der Waals surface area contributed by atoms with E-state index in [2.05, 4.69) is 0 Å². The second-order valence-corrected chi connectivity index (χ2v) is 4.62. The Hall–Kier alpha value is -1.74. The number of nitrogens with two attached hydrogens (primary N) is 1. The average molecular weight is 265 g/mol. The number of hydrogen-bond donors (Lipinski definition) is 1. The van der Waals surface area contributed by atoms with Crippen LogP contribution in [-0.4, -0.2) is 7.05 Å². The number of anilines is 2. The summed E-state index contributed by atoms with van der Waals surface area (Å²) in [6.07, 6.45) is 0. The number of halogens is 2. The highest BCUT2D eigenvalue weighted by Gasteiger charge is 2.06. The molecule has 2 nitrogen and oxygen atoms in total. The smallest absolute Gasteiger partial charge is 0.125 e. The van der Waals surface area contributed by atoms with E-state index in [0.717, 1.165) is 11.3 Å². The molecule has 0 amide bonds. The predicted molar refractivity (Wildman–Crippen MR) is 74.4 cm³/mol. The summed E-state index contributed by atoms with van der Waals surface area (Å²) in [7, 11) is 1.89. The molecule has 0 heterocycles. The summed E-state index contributed by atoms with van der Waals surface area (Å²) in [5, 5.41) is 0.615. The van der Waals surface area contributed by atoms with Gasteiger partial charge in [-0.2, -0.15) is 0 Å². The molecule has 2 aromatic rings. The first-order chi connectivity index (χ1) is 8.56. The fourth-order valence-corrected chi connectivity index (χ4v) is 1.95. The van der Waals surface area contributed by atoms with Crippen molar-refractivity contribution in [1.29, 1.82) is 0 Å². The maximum atomic E-state index is 13.1. The first kappa shape index (κ1) is 12.7. The first-order valence-corrected chi connectivity index (χ1v) is 5.94. The summed E-state index contributed by atoms with van der Waals surface area (Å²) in [4.78, 5) is 1.93. The lowest BCUT2D eigenvalue weighted by molar-refractivity contribution is 0.627. The molecule has 0 aliphatic carbocycles. The minimum Gasteiger partial charge on any atom is -0.398 e. The van der Waals surface area contributed by atoms with E-state index >= 15 is 0 Å². The molecule has 0 bridgehead atoms. The molecule has 2 N–H and O–H groups in total. The van der Waals surface area contributed by atoms with Crippen molar-refractivity contribution in [3.8, 4) is 0 Å². The van der Waals surface area contributed by atoms with Gasteiger partial charge in [0.25, 0.3) is 0 Å². The van der Waals surface area contributed by atoms with Crippen molar-refractivity contribution < 1.29 is 4.39 Å². The summed E-state index contributed by atoms with van der Waals surface area (Å²) < 4.78 is 13.1. The fourth-order valence-electron chi connectivity index (χ4n) is 1.77. The van der Waals surface area contributed by atoms with Crippen molar-refractivity contribution in [3.05, 3.63) is 58.9 Å². The lowest BCUT2D eigenvalue weighted by Gasteiger charge is -2.20. The van der Waals surface area contributed by atoms with E-state index in [-0.39, 0.29) is 5.82 Å². The van der Waals surface area contributed by atoms with E-state index < -0.39 is 0 Å². The van der Waals surface area contributed by atoms with Gasteiger partial charge in [0, 0.05) is 30.0 Å². The van der Waals surface area contributed by atoms with Crippen LogP contribution < -0.4 is 10.6 Å². The van der Waals surface area contributed by atoms with E-state index in [1.54, 1.807) is 18.2 Å². The second-order valence-electron chi connectivity index (χ2n) is 4.18. The lowest BCUT2D eigenvalue weighted by atomic mass is 10.1. The van der Waals surface area contributed by atoms with Crippen molar-refractivity contribution in [2.45, 2.75) is 6.54 Å². The molecule has 0 atom stereocenters. The van der Waals surface area contributed by atoms with E-state index in [1.807, 2.05) is 24.1 Å². The van der Waals surface area contributed by atoms with Crippen LogP contribution in [0.25, 0.3) is 0 Å². The van der Waals surface area contributed by atoms with Gasteiger partial charge in [0.05, 0.1) is 0 Å². The third kappa shape index (κ3) is 2.93. The molecule has 0 radical (unpaired) electrons. The van der Waals surface area contributed by atoms with Crippen molar-refractivity contribution in [3.63, 3.8) is 0 Å². The summed E-state index contributed by atoms with van der Waals surface area (Å²) in [5.74, 6) is -0.247. The monoisotopic (exact) mass is 264 g/mol. The lowest BCUT2D eigenvalue weighted by Crippen LogP contribution is -2.17. The Labute approximate surface area is 111 Å². The highest BCUT2D eigenvalue weighted by Crippen LogP contribution is 2.22. The molecule has 94 valence electrons. The van der Waals surface area contributed by atoms with E-state index in [0.29, 0.717) is 17.3 Å². The Morgan fingerprint density at radius 1 is 1.22 bits per heavy atom. The van der Waals surface area contributed by atoms with Gasteiger partial charge in [-0.05, 0) is 35.9 Å². The van der Waals surface area contributed by atoms with Crippen LogP contribution >= 0.6 is 11.6 Å². The highest BCUT2D eigenvalue weighted by atomic mass is 35.5. The van der Waals surface area contributed by atoms with E-state index in [9.17, 15) is 4.39 Å². The molecule has 0 aliphatic rings. The molecule has 0 fully saturated rings. The topological polar surface area (TPSA) is 29.3 Å². The number of nitrogen functional groups attached to an aromatic ring is 1. The molecule has 0 saturated heterocycles. The van der Waals surface area contributed by atoms with Crippen LogP contribution in [0.1, 0.15) is 5.56 Å².